The van der Waals surface area contributed by atoms with E-state index in [2.05, 4.69) is 15.4 Å². The molecule has 242 valence electrons. The minimum Gasteiger partial charge on any atom is -0.382 e. The predicted octanol–water partition coefficient (Wildman–Crippen LogP) is 3.18. The number of halogens is 3. The van der Waals surface area contributed by atoms with Crippen molar-refractivity contribution in [3.63, 3.8) is 0 Å². The number of benzene rings is 1. The molecular weight excluding hydrogens is 613 g/mol. The number of sulfonamides is 1. The second-order valence-electron chi connectivity index (χ2n) is 12.7. The van der Waals surface area contributed by atoms with E-state index in [1.807, 2.05) is 13.8 Å². The molecule has 6 rings (SSSR count). The normalized spacial score (nSPS) is 19.5. The summed E-state index contributed by atoms with van der Waals surface area (Å²) in [7, 11) is -2.10. The van der Waals surface area contributed by atoms with E-state index in [0.29, 0.717) is 19.4 Å². The van der Waals surface area contributed by atoms with Gasteiger partial charge in [0.05, 0.1) is 28.8 Å². The number of carbonyl (C=O) groups is 2. The number of fused-ring (bicyclic) bond motifs is 1. The van der Waals surface area contributed by atoms with Gasteiger partial charge in [-0.3, -0.25) is 9.59 Å². The highest BCUT2D eigenvalue weighted by atomic mass is 32.2. The third-order valence-electron chi connectivity index (χ3n) is 8.79. The van der Waals surface area contributed by atoms with Gasteiger partial charge in [-0.25, -0.2) is 18.1 Å². The maximum atomic E-state index is 14.3. The van der Waals surface area contributed by atoms with E-state index in [0.717, 1.165) is 17.5 Å². The Balaban J connectivity index is 1.30. The lowest BCUT2D eigenvalue weighted by atomic mass is 9.87. The molecule has 2 aromatic heterocycles. The van der Waals surface area contributed by atoms with E-state index in [4.69, 9.17) is 5.73 Å². The topological polar surface area (TPSA) is 148 Å². The summed E-state index contributed by atoms with van der Waals surface area (Å²) in [5, 5.41) is 7.14. The highest BCUT2D eigenvalue weighted by molar-refractivity contribution is 7.89. The zero-order valence-corrected chi connectivity index (χ0v) is 26.0. The Hall–Kier alpha value is -3.92. The summed E-state index contributed by atoms with van der Waals surface area (Å²) in [4.78, 5) is 31.5. The minimum atomic E-state index is -4.87. The number of amides is 2. The highest BCUT2D eigenvalue weighted by Gasteiger charge is 2.49. The van der Waals surface area contributed by atoms with Gasteiger partial charge >= 0.3 is 6.18 Å². The van der Waals surface area contributed by atoms with Crippen LogP contribution in [0.3, 0.4) is 0 Å². The molecule has 0 unspecified atom stereocenters. The van der Waals surface area contributed by atoms with Crippen molar-refractivity contribution in [2.45, 2.75) is 68.7 Å². The monoisotopic (exact) mass is 648 g/mol. The number of aromatic nitrogens is 4. The van der Waals surface area contributed by atoms with E-state index in [1.54, 1.807) is 11.6 Å². The van der Waals surface area contributed by atoms with Gasteiger partial charge in [0, 0.05) is 56.6 Å². The van der Waals surface area contributed by atoms with Gasteiger partial charge in [-0.05, 0) is 63.6 Å². The van der Waals surface area contributed by atoms with Gasteiger partial charge in [-0.2, -0.15) is 22.6 Å². The van der Waals surface area contributed by atoms with Crippen molar-refractivity contribution in [1.82, 2.24) is 28.5 Å². The lowest BCUT2D eigenvalue weighted by Crippen LogP contribution is -2.54. The second-order valence-corrected chi connectivity index (χ2v) is 14.6. The zero-order chi connectivity index (χ0) is 32.5. The molecule has 0 bridgehead atoms. The number of carbonyl (C=O) groups excluding carboxylic acids is 2. The average Bonchev–Trinajstić information content (AvgIpc) is 3.54. The summed E-state index contributed by atoms with van der Waals surface area (Å²) in [6, 6.07) is 4.10. The first-order valence-electron chi connectivity index (χ1n) is 14.8. The number of nitrogens with two attached hydrogens (primary N) is 1. The van der Waals surface area contributed by atoms with Crippen LogP contribution in [0.1, 0.15) is 71.6 Å². The molecule has 16 heteroatoms. The summed E-state index contributed by atoms with van der Waals surface area (Å²) >= 11 is 0. The number of imidazole rings is 1. The fourth-order valence-electron chi connectivity index (χ4n) is 6.17. The van der Waals surface area contributed by atoms with Crippen LogP contribution in [0.5, 0.6) is 0 Å². The van der Waals surface area contributed by atoms with Crippen LogP contribution >= 0.6 is 0 Å². The molecular formula is C29H35F3N8O4S. The third-order valence-corrected chi connectivity index (χ3v) is 10.6. The molecule has 1 saturated carbocycles. The van der Waals surface area contributed by atoms with Crippen molar-refractivity contribution >= 4 is 27.5 Å². The predicted molar refractivity (Wildman–Crippen MR) is 157 cm³/mol. The lowest BCUT2D eigenvalue weighted by Gasteiger charge is -2.42. The van der Waals surface area contributed by atoms with Crippen molar-refractivity contribution in [3.05, 3.63) is 53.2 Å². The molecule has 0 spiro atoms. The lowest BCUT2D eigenvalue weighted by molar-refractivity contribution is -0.141. The summed E-state index contributed by atoms with van der Waals surface area (Å²) < 4.78 is 72.9. The van der Waals surface area contributed by atoms with Crippen molar-refractivity contribution in [1.29, 1.82) is 0 Å². The second kappa shape index (κ2) is 10.9. The number of piperidine rings is 1. The van der Waals surface area contributed by atoms with Gasteiger partial charge in [-0.15, -0.1) is 0 Å². The van der Waals surface area contributed by atoms with Crippen LogP contribution in [0.4, 0.5) is 18.9 Å². The van der Waals surface area contributed by atoms with Crippen molar-refractivity contribution in [3.8, 4) is 5.69 Å². The first kappa shape index (κ1) is 31.1. The molecule has 1 saturated heterocycles. The number of hydrogen-bond donors (Lipinski definition) is 2. The van der Waals surface area contributed by atoms with Gasteiger partial charge < -0.3 is 20.5 Å². The number of alkyl halides is 3. The minimum absolute atomic E-state index is 0.0433. The van der Waals surface area contributed by atoms with Crippen LogP contribution in [0.15, 0.2) is 35.7 Å². The quantitative estimate of drug-likeness (QED) is 0.381. The van der Waals surface area contributed by atoms with Gasteiger partial charge in [0.25, 0.3) is 21.8 Å². The first-order valence-corrected chi connectivity index (χ1v) is 16.2. The molecule has 0 radical (unpaired) electrons. The van der Waals surface area contributed by atoms with E-state index >= 15 is 0 Å². The van der Waals surface area contributed by atoms with Gasteiger partial charge in [0.2, 0.25) is 0 Å². The molecule has 2 amide bonds. The Morgan fingerprint density at radius 1 is 1.16 bits per heavy atom. The number of primary amides is 1. The summed E-state index contributed by atoms with van der Waals surface area (Å²) in [6.07, 6.45) is 0.797. The van der Waals surface area contributed by atoms with E-state index in [9.17, 15) is 31.2 Å². The molecule has 3 aliphatic rings. The largest absolute Gasteiger partial charge is 0.435 e. The highest BCUT2D eigenvalue weighted by Crippen LogP contribution is 2.42. The molecule has 3 N–H and O–H groups in total. The Morgan fingerprint density at radius 3 is 2.42 bits per heavy atom. The van der Waals surface area contributed by atoms with Gasteiger partial charge in [0.15, 0.2) is 10.7 Å². The Bertz CT molecular complexity index is 1770. The van der Waals surface area contributed by atoms with Gasteiger partial charge in [-0.1, -0.05) is 0 Å². The molecule has 3 aromatic rings. The molecule has 2 fully saturated rings. The molecule has 2 aliphatic heterocycles. The standard InChI is InChI=1S/C29H35F3N8O4S/c1-28(2)13-22-24(27(42)39(28)14-17-4-5-17)25(29(30,31)32)36-40(22)19-6-7-20(26(33)41)21(12-19)35-18-8-10-38(11-9-18)45(43,44)23-15-37(3)16-34-23/h6-7,12,15-18,35H,4-5,8-11,13-14H2,1-3H3,(H2,33,41). The SMILES string of the molecule is Cn1cnc(S(=O)(=O)N2CCC(Nc3cc(-n4nc(C(F)(F)F)c5c4CC(C)(C)N(CC4CC4)C5=O)ccc3C(N)=O)CC2)c1. The maximum Gasteiger partial charge on any atom is 0.435 e. The van der Waals surface area contributed by atoms with Crippen LogP contribution in [-0.2, 0) is 29.7 Å². The zero-order valence-electron chi connectivity index (χ0n) is 25.1. The number of rotatable bonds is 8. The molecule has 12 nitrogen and oxygen atoms in total. The number of aryl methyl sites for hydroxylation is 1. The van der Waals surface area contributed by atoms with Crippen molar-refractivity contribution in [2.24, 2.45) is 18.7 Å². The van der Waals surface area contributed by atoms with Crippen LogP contribution < -0.4 is 11.1 Å². The number of hydrogen-bond acceptors (Lipinski definition) is 7. The van der Waals surface area contributed by atoms with E-state index < -0.39 is 44.8 Å². The first-order chi connectivity index (χ1) is 21.1. The van der Waals surface area contributed by atoms with E-state index in [1.165, 1.54) is 39.9 Å². The summed E-state index contributed by atoms with van der Waals surface area (Å²) in [5.74, 6) is -1.15. The fraction of sp³-hybridized carbons (Fsp3) is 0.517. The summed E-state index contributed by atoms with van der Waals surface area (Å²) in [6.45, 7) is 4.46. The summed E-state index contributed by atoms with van der Waals surface area (Å²) in [5.41, 5.74) is 3.98. The van der Waals surface area contributed by atoms with Crippen LogP contribution in [-0.4, -0.2) is 80.0 Å². The van der Waals surface area contributed by atoms with Gasteiger partial charge in [0.1, 0.15) is 0 Å². The molecule has 1 aromatic carbocycles. The Kier molecular flexibility index (Phi) is 7.50. The smallest absolute Gasteiger partial charge is 0.382 e. The number of nitrogens with zero attached hydrogens (tertiary/aromatic N) is 6. The number of anilines is 1. The third kappa shape index (κ3) is 5.80. The Morgan fingerprint density at radius 2 is 1.84 bits per heavy atom. The van der Waals surface area contributed by atoms with E-state index in [-0.39, 0.29) is 59.1 Å². The van der Waals surface area contributed by atoms with Crippen LogP contribution in [0.2, 0.25) is 0 Å². The number of nitrogens with one attached hydrogen (secondary N) is 1. The molecule has 4 heterocycles. The molecule has 45 heavy (non-hydrogen) atoms. The fourth-order valence-corrected chi connectivity index (χ4v) is 7.61. The van der Waals surface area contributed by atoms with Crippen LogP contribution in [0, 0.1) is 5.92 Å². The maximum absolute atomic E-state index is 14.3. The van der Waals surface area contributed by atoms with Crippen LogP contribution in [0.25, 0.3) is 5.69 Å². The molecule has 1 aliphatic carbocycles. The average molecular weight is 649 g/mol. The van der Waals surface area contributed by atoms with Crippen molar-refractivity contribution in [2.75, 3.05) is 25.0 Å². The van der Waals surface area contributed by atoms with Crippen molar-refractivity contribution < 1.29 is 31.2 Å². The molecule has 0 atom stereocenters. The Labute approximate surface area is 258 Å².